The van der Waals surface area contributed by atoms with Crippen LogP contribution in [0.3, 0.4) is 0 Å². The Labute approximate surface area is 216 Å². The summed E-state index contributed by atoms with van der Waals surface area (Å²) < 4.78 is 0. The molecule has 0 bridgehead atoms. The summed E-state index contributed by atoms with van der Waals surface area (Å²) in [6.07, 6.45) is 0.781. The first-order valence-electron chi connectivity index (χ1n) is 12.2. The number of carbonyl (C=O) groups excluding carboxylic acids is 4. The van der Waals surface area contributed by atoms with Crippen LogP contribution < -0.4 is 22.1 Å². The number of amides is 4. The standard InChI is InChI=1S/C29H32N4O4/c30-26(34)17-18-27(35)32-24(16-13-20-7-3-1-4-8-20)29(37)33-25(28(31)36)19-21-11-14-23(15-12-21)22-9-5-2-6-10-22/h1-12,14-15,24-25H,13,16-19H2,(H2,30,34)(H2,31,36)(H,32,35)(H,33,37)/t24?,25-/m0/s1. The zero-order valence-electron chi connectivity index (χ0n) is 20.6. The second kappa shape index (κ2) is 13.6. The second-order valence-corrected chi connectivity index (χ2v) is 8.84. The van der Waals surface area contributed by atoms with Crippen molar-refractivity contribution in [2.24, 2.45) is 11.5 Å². The summed E-state index contributed by atoms with van der Waals surface area (Å²) in [4.78, 5) is 48.7. The third-order valence-electron chi connectivity index (χ3n) is 5.98. The fourth-order valence-electron chi connectivity index (χ4n) is 3.92. The fourth-order valence-corrected chi connectivity index (χ4v) is 3.92. The Hall–Kier alpha value is -4.46. The first-order chi connectivity index (χ1) is 17.8. The molecular formula is C29H32N4O4. The molecule has 0 aliphatic carbocycles. The van der Waals surface area contributed by atoms with E-state index < -0.39 is 35.7 Å². The quantitative estimate of drug-likeness (QED) is 0.285. The van der Waals surface area contributed by atoms with Crippen LogP contribution in [0.5, 0.6) is 0 Å². The van der Waals surface area contributed by atoms with E-state index in [1.807, 2.05) is 84.9 Å². The molecule has 3 aromatic rings. The number of nitrogens with two attached hydrogens (primary N) is 2. The Balaban J connectivity index is 1.68. The topological polar surface area (TPSA) is 144 Å². The van der Waals surface area contributed by atoms with E-state index in [-0.39, 0.29) is 19.3 Å². The molecular weight excluding hydrogens is 468 g/mol. The van der Waals surface area contributed by atoms with E-state index >= 15 is 0 Å². The number of rotatable bonds is 13. The van der Waals surface area contributed by atoms with Gasteiger partial charge in [-0.25, -0.2) is 0 Å². The highest BCUT2D eigenvalue weighted by atomic mass is 16.2. The van der Waals surface area contributed by atoms with Gasteiger partial charge in [0.2, 0.25) is 23.6 Å². The Kier molecular flexibility index (Phi) is 9.96. The first kappa shape index (κ1) is 27.1. The van der Waals surface area contributed by atoms with Crippen LogP contribution in [0.1, 0.15) is 30.4 Å². The zero-order valence-corrected chi connectivity index (χ0v) is 20.6. The van der Waals surface area contributed by atoms with Crippen molar-refractivity contribution in [1.82, 2.24) is 10.6 Å². The molecule has 3 aromatic carbocycles. The predicted octanol–water partition coefficient (Wildman–Crippen LogP) is 2.25. The molecule has 0 radical (unpaired) electrons. The van der Waals surface area contributed by atoms with Crippen LogP contribution in [0.25, 0.3) is 11.1 Å². The summed E-state index contributed by atoms with van der Waals surface area (Å²) in [7, 11) is 0. The van der Waals surface area contributed by atoms with Crippen LogP contribution >= 0.6 is 0 Å². The lowest BCUT2D eigenvalue weighted by molar-refractivity contribution is -0.132. The van der Waals surface area contributed by atoms with Gasteiger partial charge in [-0.2, -0.15) is 0 Å². The molecule has 0 saturated heterocycles. The van der Waals surface area contributed by atoms with Crippen LogP contribution in [0.4, 0.5) is 0 Å². The fraction of sp³-hybridized carbons (Fsp3) is 0.241. The van der Waals surface area contributed by atoms with Crippen LogP contribution in [0, 0.1) is 0 Å². The van der Waals surface area contributed by atoms with Gasteiger partial charge in [0.1, 0.15) is 12.1 Å². The van der Waals surface area contributed by atoms with Crippen molar-refractivity contribution in [3.63, 3.8) is 0 Å². The number of hydrogen-bond donors (Lipinski definition) is 4. The summed E-state index contributed by atoms with van der Waals surface area (Å²) >= 11 is 0. The van der Waals surface area contributed by atoms with Crippen molar-refractivity contribution in [2.75, 3.05) is 0 Å². The smallest absolute Gasteiger partial charge is 0.243 e. The molecule has 0 fully saturated rings. The number of primary amides is 2. The molecule has 1 unspecified atom stereocenters. The highest BCUT2D eigenvalue weighted by molar-refractivity contribution is 5.92. The predicted molar refractivity (Wildman–Crippen MR) is 142 cm³/mol. The molecule has 6 N–H and O–H groups in total. The maximum Gasteiger partial charge on any atom is 0.243 e. The van der Waals surface area contributed by atoms with E-state index in [0.717, 1.165) is 22.3 Å². The van der Waals surface area contributed by atoms with Gasteiger partial charge in [-0.3, -0.25) is 19.2 Å². The van der Waals surface area contributed by atoms with Crippen LogP contribution in [-0.2, 0) is 32.0 Å². The molecule has 2 atom stereocenters. The summed E-state index contributed by atoms with van der Waals surface area (Å²) in [6.45, 7) is 0. The van der Waals surface area contributed by atoms with Crippen molar-refractivity contribution in [1.29, 1.82) is 0 Å². The highest BCUT2D eigenvalue weighted by Gasteiger charge is 2.26. The SMILES string of the molecule is NC(=O)CCC(=O)NC(CCc1ccccc1)C(=O)N[C@@H](Cc1ccc(-c2ccccc2)cc1)C(N)=O. The van der Waals surface area contributed by atoms with Gasteiger partial charge in [0.25, 0.3) is 0 Å². The Morgan fingerprint density at radius 3 is 1.84 bits per heavy atom. The average Bonchev–Trinajstić information content (AvgIpc) is 2.90. The van der Waals surface area contributed by atoms with Crippen LogP contribution in [0.2, 0.25) is 0 Å². The van der Waals surface area contributed by atoms with Gasteiger partial charge in [0.15, 0.2) is 0 Å². The number of hydrogen-bond acceptors (Lipinski definition) is 4. The molecule has 0 aliphatic rings. The maximum atomic E-state index is 13.2. The summed E-state index contributed by atoms with van der Waals surface area (Å²) in [5.41, 5.74) is 14.7. The zero-order chi connectivity index (χ0) is 26.6. The van der Waals surface area contributed by atoms with Crippen LogP contribution in [-0.4, -0.2) is 35.7 Å². The molecule has 0 saturated carbocycles. The molecule has 8 nitrogen and oxygen atoms in total. The van der Waals surface area contributed by atoms with E-state index in [2.05, 4.69) is 10.6 Å². The van der Waals surface area contributed by atoms with E-state index in [9.17, 15) is 19.2 Å². The van der Waals surface area contributed by atoms with Gasteiger partial charge < -0.3 is 22.1 Å². The lowest BCUT2D eigenvalue weighted by atomic mass is 9.99. The van der Waals surface area contributed by atoms with Crippen molar-refractivity contribution in [3.05, 3.63) is 96.1 Å². The highest BCUT2D eigenvalue weighted by Crippen LogP contribution is 2.20. The van der Waals surface area contributed by atoms with Crippen molar-refractivity contribution < 1.29 is 19.2 Å². The maximum absolute atomic E-state index is 13.2. The normalized spacial score (nSPS) is 12.2. The van der Waals surface area contributed by atoms with Crippen molar-refractivity contribution in [2.45, 2.75) is 44.2 Å². The minimum absolute atomic E-state index is 0.123. The molecule has 0 aliphatic heterocycles. The third-order valence-corrected chi connectivity index (χ3v) is 5.98. The lowest BCUT2D eigenvalue weighted by Crippen LogP contribution is -2.53. The molecule has 0 heterocycles. The van der Waals surface area contributed by atoms with Gasteiger partial charge in [0, 0.05) is 19.3 Å². The minimum atomic E-state index is -0.961. The second-order valence-electron chi connectivity index (χ2n) is 8.84. The number of nitrogens with one attached hydrogen (secondary N) is 2. The minimum Gasteiger partial charge on any atom is -0.370 e. The molecule has 0 aromatic heterocycles. The molecule has 3 rings (SSSR count). The Morgan fingerprint density at radius 1 is 0.649 bits per heavy atom. The van der Waals surface area contributed by atoms with E-state index in [0.29, 0.717) is 12.8 Å². The molecule has 4 amide bonds. The van der Waals surface area contributed by atoms with Gasteiger partial charge >= 0.3 is 0 Å². The monoisotopic (exact) mass is 500 g/mol. The summed E-state index contributed by atoms with van der Waals surface area (Å²) in [6, 6.07) is 25.2. The molecule has 0 spiro atoms. The molecule has 37 heavy (non-hydrogen) atoms. The lowest BCUT2D eigenvalue weighted by Gasteiger charge is -2.22. The number of aryl methyl sites for hydroxylation is 1. The summed E-state index contributed by atoms with van der Waals surface area (Å²) in [5, 5.41) is 5.36. The van der Waals surface area contributed by atoms with Crippen molar-refractivity contribution >= 4 is 23.6 Å². The first-order valence-corrected chi connectivity index (χ1v) is 12.2. The largest absolute Gasteiger partial charge is 0.370 e. The van der Waals surface area contributed by atoms with Gasteiger partial charge in [-0.1, -0.05) is 84.9 Å². The van der Waals surface area contributed by atoms with Crippen molar-refractivity contribution in [3.8, 4) is 11.1 Å². The Morgan fingerprint density at radius 2 is 1.24 bits per heavy atom. The van der Waals surface area contributed by atoms with Crippen LogP contribution in [0.15, 0.2) is 84.9 Å². The molecule has 8 heteroatoms. The number of benzene rings is 3. The third kappa shape index (κ3) is 8.92. The van der Waals surface area contributed by atoms with Gasteiger partial charge in [-0.05, 0) is 35.1 Å². The molecule has 192 valence electrons. The summed E-state index contributed by atoms with van der Waals surface area (Å²) in [5.74, 6) is -2.28. The van der Waals surface area contributed by atoms with E-state index in [1.165, 1.54) is 0 Å². The van der Waals surface area contributed by atoms with Gasteiger partial charge in [0.05, 0.1) is 0 Å². The van der Waals surface area contributed by atoms with Gasteiger partial charge in [-0.15, -0.1) is 0 Å². The Bertz CT molecular complexity index is 1200. The van der Waals surface area contributed by atoms with E-state index in [1.54, 1.807) is 0 Å². The number of carbonyl (C=O) groups is 4. The average molecular weight is 501 g/mol. The van der Waals surface area contributed by atoms with E-state index in [4.69, 9.17) is 11.5 Å².